The molecule has 176 valence electrons. The van der Waals surface area contributed by atoms with Crippen LogP contribution in [0, 0.1) is 17.0 Å². The number of nitrogens with zero attached hydrogens (tertiary/aromatic N) is 1. The minimum atomic E-state index is -0.444. The third-order valence-corrected chi connectivity index (χ3v) is 5.78. The van der Waals surface area contributed by atoms with Gasteiger partial charge in [-0.25, -0.2) is 0 Å². The van der Waals surface area contributed by atoms with Gasteiger partial charge in [-0.05, 0) is 65.8 Å². The van der Waals surface area contributed by atoms with Crippen molar-refractivity contribution in [2.24, 2.45) is 0 Å². The van der Waals surface area contributed by atoms with Crippen molar-refractivity contribution in [1.29, 1.82) is 0 Å². The van der Waals surface area contributed by atoms with Gasteiger partial charge < -0.3 is 10.1 Å². The first-order valence-corrected chi connectivity index (χ1v) is 11.2. The van der Waals surface area contributed by atoms with Crippen molar-refractivity contribution in [3.63, 3.8) is 0 Å². The Hall–Kier alpha value is -3.93. The quantitative estimate of drug-likeness (QED) is 0.182. The van der Waals surface area contributed by atoms with E-state index in [2.05, 4.69) is 25.2 Å². The second kappa shape index (κ2) is 10.8. The molecule has 3 rings (SSSR count). The van der Waals surface area contributed by atoms with E-state index in [-0.39, 0.29) is 23.6 Å². The molecule has 3 aromatic rings. The number of aryl methyl sites for hydroxylation is 1. The molecule has 0 unspecified atom stereocenters. The average molecular weight is 459 g/mol. The number of nitro benzene ring substituents is 1. The molecule has 0 bridgehead atoms. The molecule has 0 spiro atoms. The maximum atomic E-state index is 13.5. The van der Waals surface area contributed by atoms with E-state index in [1.54, 1.807) is 25.3 Å². The van der Waals surface area contributed by atoms with E-state index in [1.807, 2.05) is 50.2 Å². The average Bonchev–Trinajstić information content (AvgIpc) is 2.82. The lowest BCUT2D eigenvalue weighted by molar-refractivity contribution is -0.384. The molecule has 1 N–H and O–H groups in total. The first-order chi connectivity index (χ1) is 16.2. The number of hydrogen-bond donors (Lipinski definition) is 1. The number of ether oxygens (including phenoxy) is 1. The van der Waals surface area contributed by atoms with Crippen LogP contribution in [0.1, 0.15) is 60.5 Å². The van der Waals surface area contributed by atoms with E-state index in [0.717, 1.165) is 28.0 Å². The van der Waals surface area contributed by atoms with Crippen molar-refractivity contribution in [2.45, 2.75) is 39.7 Å². The Morgan fingerprint density at radius 2 is 1.71 bits per heavy atom. The van der Waals surface area contributed by atoms with Gasteiger partial charge in [-0.2, -0.15) is 0 Å². The van der Waals surface area contributed by atoms with E-state index in [0.29, 0.717) is 11.1 Å². The largest absolute Gasteiger partial charge is 0.496 e. The molecule has 0 aliphatic rings. The highest BCUT2D eigenvalue weighted by Gasteiger charge is 2.20. The number of carbonyl (C=O) groups is 1. The van der Waals surface area contributed by atoms with Crippen molar-refractivity contribution in [1.82, 2.24) is 5.32 Å². The minimum Gasteiger partial charge on any atom is -0.496 e. The molecule has 6 heteroatoms. The predicted molar refractivity (Wildman–Crippen MR) is 136 cm³/mol. The Morgan fingerprint density at radius 1 is 1.00 bits per heavy atom. The fourth-order valence-electron chi connectivity index (χ4n) is 3.95. The van der Waals surface area contributed by atoms with E-state index in [4.69, 9.17) is 4.74 Å². The summed E-state index contributed by atoms with van der Waals surface area (Å²) in [6.45, 7) is 8.17. The molecule has 0 heterocycles. The van der Waals surface area contributed by atoms with Crippen LogP contribution in [0.2, 0.25) is 0 Å². The third kappa shape index (κ3) is 5.70. The Balaban J connectivity index is 1.98. The molecule has 0 fully saturated rings. The zero-order chi connectivity index (χ0) is 24.8. The molecule has 3 aromatic carbocycles. The third-order valence-electron chi connectivity index (χ3n) is 5.78. The Labute approximate surface area is 200 Å². The lowest BCUT2D eigenvalue weighted by atomic mass is 9.93. The highest BCUT2D eigenvalue weighted by atomic mass is 16.6. The number of non-ortho nitro benzene ring substituents is 1. The topological polar surface area (TPSA) is 81.5 Å². The van der Waals surface area contributed by atoms with Crippen LogP contribution in [0.25, 0.3) is 11.6 Å². The smallest absolute Gasteiger partial charge is 0.270 e. The number of carbonyl (C=O) groups excluding carboxylic acids is 1. The summed E-state index contributed by atoms with van der Waals surface area (Å²) >= 11 is 0. The highest BCUT2D eigenvalue weighted by molar-refractivity contribution is 6.24. The molecular formula is C28H30N2O4. The monoisotopic (exact) mass is 458 g/mol. The number of nitro groups is 1. The maximum absolute atomic E-state index is 13.5. The van der Waals surface area contributed by atoms with Crippen molar-refractivity contribution in [3.8, 4) is 5.75 Å². The Morgan fingerprint density at radius 3 is 2.32 bits per heavy atom. The summed E-state index contributed by atoms with van der Waals surface area (Å²) in [7, 11) is 1.66. The van der Waals surface area contributed by atoms with Crippen molar-refractivity contribution < 1.29 is 14.5 Å². The van der Waals surface area contributed by atoms with Crippen LogP contribution in [0.15, 0.2) is 66.7 Å². The van der Waals surface area contributed by atoms with Crippen LogP contribution in [0.4, 0.5) is 5.69 Å². The lowest BCUT2D eigenvalue weighted by Gasteiger charge is -2.21. The second-order valence-corrected chi connectivity index (χ2v) is 8.58. The Bertz CT molecular complexity index is 1220. The molecule has 0 saturated carbocycles. The predicted octanol–water partition coefficient (Wildman–Crippen LogP) is 6.45. The van der Waals surface area contributed by atoms with Crippen LogP contribution in [-0.4, -0.2) is 17.9 Å². The molecule has 0 radical (unpaired) electrons. The molecular weight excluding hydrogens is 428 g/mol. The van der Waals surface area contributed by atoms with Gasteiger partial charge in [0.15, 0.2) is 0 Å². The minimum absolute atomic E-state index is 0.0231. The summed E-state index contributed by atoms with van der Waals surface area (Å²) in [5, 5.41) is 14.3. The number of amides is 1. The standard InChI is InChI=1S/C28H30N2O4/c1-18(2)24-17-25(19(3)14-27(24)34-5)20(4)29-28(31)26(22-11-7-6-8-12-22)16-21-10-9-13-23(15-21)30(32)33/h6-18,20H,1-5H3,(H,29,31)/b26-16+/t20-/m0/s1. The van der Waals surface area contributed by atoms with Gasteiger partial charge >= 0.3 is 0 Å². The Kier molecular flexibility index (Phi) is 7.84. The number of nitrogens with one attached hydrogen (secondary N) is 1. The number of hydrogen-bond acceptors (Lipinski definition) is 4. The van der Waals surface area contributed by atoms with Crippen molar-refractivity contribution in [2.75, 3.05) is 7.11 Å². The van der Waals surface area contributed by atoms with Crippen LogP contribution >= 0.6 is 0 Å². The van der Waals surface area contributed by atoms with Gasteiger partial charge in [0, 0.05) is 17.7 Å². The summed E-state index contributed by atoms with van der Waals surface area (Å²) in [6, 6.07) is 19.4. The zero-order valence-electron chi connectivity index (χ0n) is 20.2. The summed E-state index contributed by atoms with van der Waals surface area (Å²) in [4.78, 5) is 24.2. The van der Waals surface area contributed by atoms with E-state index in [9.17, 15) is 14.9 Å². The van der Waals surface area contributed by atoms with Gasteiger partial charge in [-0.1, -0.05) is 56.3 Å². The summed E-state index contributed by atoms with van der Waals surface area (Å²) < 4.78 is 5.55. The van der Waals surface area contributed by atoms with Gasteiger partial charge in [0.2, 0.25) is 0 Å². The summed E-state index contributed by atoms with van der Waals surface area (Å²) in [6.07, 6.45) is 1.69. The lowest BCUT2D eigenvalue weighted by Crippen LogP contribution is -2.28. The van der Waals surface area contributed by atoms with E-state index in [1.165, 1.54) is 12.1 Å². The van der Waals surface area contributed by atoms with Gasteiger partial charge in [0.25, 0.3) is 11.6 Å². The first-order valence-electron chi connectivity index (χ1n) is 11.2. The fraction of sp³-hybridized carbons (Fsp3) is 0.250. The summed E-state index contributed by atoms with van der Waals surface area (Å²) in [5.41, 5.74) is 4.85. The van der Waals surface area contributed by atoms with Crippen molar-refractivity contribution >= 4 is 23.2 Å². The molecule has 0 aromatic heterocycles. The second-order valence-electron chi connectivity index (χ2n) is 8.58. The van der Waals surface area contributed by atoms with E-state index < -0.39 is 4.92 Å². The van der Waals surface area contributed by atoms with Crippen LogP contribution in [0.5, 0.6) is 5.75 Å². The molecule has 0 aliphatic carbocycles. The van der Waals surface area contributed by atoms with Gasteiger partial charge in [-0.15, -0.1) is 0 Å². The first kappa shape index (κ1) is 24.7. The fourth-order valence-corrected chi connectivity index (χ4v) is 3.95. The molecule has 1 amide bonds. The molecule has 0 aliphatic heterocycles. The van der Waals surface area contributed by atoms with E-state index >= 15 is 0 Å². The molecule has 34 heavy (non-hydrogen) atoms. The maximum Gasteiger partial charge on any atom is 0.270 e. The number of benzene rings is 3. The van der Waals surface area contributed by atoms with Crippen molar-refractivity contribution in [3.05, 3.63) is 105 Å². The SMILES string of the molecule is COc1cc(C)c([C@H](C)NC(=O)/C(=C/c2cccc([N+](=O)[O-])c2)c2ccccc2)cc1C(C)C. The summed E-state index contributed by atoms with van der Waals surface area (Å²) in [5.74, 6) is 0.850. The van der Waals surface area contributed by atoms with Crippen LogP contribution < -0.4 is 10.1 Å². The normalized spacial score (nSPS) is 12.4. The number of methoxy groups -OCH3 is 1. The van der Waals surface area contributed by atoms with Crippen LogP contribution in [-0.2, 0) is 4.79 Å². The number of rotatable bonds is 8. The van der Waals surface area contributed by atoms with Gasteiger partial charge in [0.05, 0.1) is 18.1 Å². The van der Waals surface area contributed by atoms with Gasteiger partial charge in [-0.3, -0.25) is 14.9 Å². The highest BCUT2D eigenvalue weighted by Crippen LogP contribution is 2.32. The van der Waals surface area contributed by atoms with Crippen LogP contribution in [0.3, 0.4) is 0 Å². The zero-order valence-corrected chi connectivity index (χ0v) is 20.2. The molecule has 1 atom stereocenters. The molecule has 0 saturated heterocycles. The molecule has 6 nitrogen and oxygen atoms in total. The van der Waals surface area contributed by atoms with Gasteiger partial charge in [0.1, 0.15) is 5.75 Å².